The Kier molecular flexibility index (Phi) is 6.50. The number of hydrogen-bond acceptors (Lipinski definition) is 5. The molecular weight excluding hydrogens is 514 g/mol. The lowest BCUT2D eigenvalue weighted by Crippen LogP contribution is -2.32. The predicted molar refractivity (Wildman–Crippen MR) is 124 cm³/mol. The smallest absolute Gasteiger partial charge is 0.431 e. The fourth-order valence-electron chi connectivity index (χ4n) is 3.59. The topological polar surface area (TPSA) is 88.4 Å². The first-order valence-corrected chi connectivity index (χ1v) is 11.3. The first-order valence-electron chi connectivity index (χ1n) is 9.70. The van der Waals surface area contributed by atoms with Crippen molar-refractivity contribution in [1.29, 1.82) is 0 Å². The molecule has 178 valence electrons. The summed E-state index contributed by atoms with van der Waals surface area (Å²) in [6.45, 7) is 0.252. The first-order chi connectivity index (χ1) is 16.0. The second-order valence-corrected chi connectivity index (χ2v) is 9.29. The van der Waals surface area contributed by atoms with Crippen LogP contribution in [0.5, 0.6) is 5.75 Å². The molecule has 0 saturated carbocycles. The second kappa shape index (κ2) is 9.09. The molecular formula is C22H16Cl2F3N3O3S. The van der Waals surface area contributed by atoms with Crippen LogP contribution in [0.25, 0.3) is 0 Å². The number of carbonyl (C=O) groups excluding carboxylic acids is 1. The molecule has 2 aromatic carbocycles. The highest BCUT2D eigenvalue weighted by molar-refractivity contribution is 7.99. The van der Waals surface area contributed by atoms with E-state index >= 15 is 0 Å². The fourth-order valence-corrected chi connectivity index (χ4v) is 5.23. The van der Waals surface area contributed by atoms with Crippen molar-refractivity contribution in [2.75, 3.05) is 12.8 Å². The highest BCUT2D eigenvalue weighted by Gasteiger charge is 2.36. The minimum atomic E-state index is -4.84. The summed E-state index contributed by atoms with van der Waals surface area (Å²) >= 11 is 13.1. The van der Waals surface area contributed by atoms with E-state index in [1.54, 1.807) is 23.2 Å². The Balaban J connectivity index is 1.78. The third-order valence-electron chi connectivity index (χ3n) is 5.21. The van der Waals surface area contributed by atoms with Crippen LogP contribution in [0.15, 0.2) is 51.0 Å². The number of nitrogen functional groups attached to an aromatic ring is 1. The van der Waals surface area contributed by atoms with E-state index in [-0.39, 0.29) is 32.9 Å². The van der Waals surface area contributed by atoms with Crippen LogP contribution in [0.1, 0.15) is 27.2 Å². The number of benzene rings is 2. The van der Waals surface area contributed by atoms with Crippen LogP contribution in [-0.2, 0) is 19.3 Å². The van der Waals surface area contributed by atoms with Gasteiger partial charge in [-0.25, -0.2) is 0 Å². The van der Waals surface area contributed by atoms with Gasteiger partial charge in [0.2, 0.25) is 0 Å². The Labute approximate surface area is 205 Å². The van der Waals surface area contributed by atoms with Crippen molar-refractivity contribution in [3.63, 3.8) is 0 Å². The minimum absolute atomic E-state index is 0.125. The number of alkyl halides is 3. The molecule has 0 saturated heterocycles. The number of rotatable bonds is 4. The summed E-state index contributed by atoms with van der Waals surface area (Å²) in [4.78, 5) is 29.3. The van der Waals surface area contributed by atoms with Crippen molar-refractivity contribution < 1.29 is 22.7 Å². The van der Waals surface area contributed by atoms with Gasteiger partial charge in [-0.1, -0.05) is 41.0 Å². The highest BCUT2D eigenvalue weighted by atomic mass is 35.5. The number of halogens is 5. The van der Waals surface area contributed by atoms with Crippen molar-refractivity contribution in [2.45, 2.75) is 29.1 Å². The molecule has 1 amide bonds. The Morgan fingerprint density at radius 2 is 1.76 bits per heavy atom. The van der Waals surface area contributed by atoms with Gasteiger partial charge >= 0.3 is 6.18 Å². The van der Waals surface area contributed by atoms with Gasteiger partial charge in [-0.05, 0) is 41.5 Å². The van der Waals surface area contributed by atoms with E-state index in [1.807, 2.05) is 0 Å². The minimum Gasteiger partial charge on any atom is -0.495 e. The first kappa shape index (κ1) is 24.3. The maximum Gasteiger partial charge on any atom is 0.431 e. The van der Waals surface area contributed by atoms with Gasteiger partial charge in [0.05, 0.1) is 22.8 Å². The van der Waals surface area contributed by atoms with E-state index in [4.69, 9.17) is 33.7 Å². The molecule has 12 heteroatoms. The maximum absolute atomic E-state index is 13.4. The molecule has 4 rings (SSSR count). The predicted octanol–water partition coefficient (Wildman–Crippen LogP) is 5.60. The summed E-state index contributed by atoms with van der Waals surface area (Å²) in [6.07, 6.45) is -4.84. The molecule has 6 nitrogen and oxygen atoms in total. The molecule has 1 aromatic heterocycles. The van der Waals surface area contributed by atoms with Crippen molar-refractivity contribution >= 4 is 46.6 Å². The van der Waals surface area contributed by atoms with E-state index in [2.05, 4.69) is 0 Å². The summed E-state index contributed by atoms with van der Waals surface area (Å²) in [6, 6.07) is 8.64. The summed E-state index contributed by atoms with van der Waals surface area (Å²) in [7, 11) is 1.46. The van der Waals surface area contributed by atoms with Crippen molar-refractivity contribution in [3.05, 3.63) is 79.2 Å². The zero-order valence-electron chi connectivity index (χ0n) is 17.4. The number of amides is 1. The average molecular weight is 530 g/mol. The molecule has 34 heavy (non-hydrogen) atoms. The third kappa shape index (κ3) is 4.57. The molecule has 3 aromatic rings. The molecule has 0 spiro atoms. The van der Waals surface area contributed by atoms with Crippen LogP contribution in [0.3, 0.4) is 0 Å². The maximum atomic E-state index is 13.4. The number of ether oxygens (including phenoxy) is 1. The molecule has 0 unspecified atom stereocenters. The number of hydrogen-bond donors (Lipinski definition) is 2. The van der Waals surface area contributed by atoms with Crippen LogP contribution in [-0.4, -0.2) is 22.9 Å². The third-order valence-corrected chi connectivity index (χ3v) is 7.25. The molecule has 0 atom stereocenters. The number of H-pyrrole nitrogens is 1. The summed E-state index contributed by atoms with van der Waals surface area (Å²) in [5.41, 5.74) is 4.92. The normalized spacial score (nSPS) is 13.2. The zero-order chi connectivity index (χ0) is 24.8. The van der Waals surface area contributed by atoms with Gasteiger partial charge in [0.1, 0.15) is 17.0 Å². The number of anilines is 1. The van der Waals surface area contributed by atoms with E-state index < -0.39 is 28.9 Å². The Bertz CT molecular complexity index is 1340. The van der Waals surface area contributed by atoms with Gasteiger partial charge in [-0.3, -0.25) is 9.59 Å². The number of nitrogens with one attached hydrogen (secondary N) is 1. The van der Waals surface area contributed by atoms with Crippen LogP contribution in [0.2, 0.25) is 10.0 Å². The molecule has 1 aliphatic heterocycles. The van der Waals surface area contributed by atoms with E-state index in [9.17, 15) is 22.8 Å². The highest BCUT2D eigenvalue weighted by Crippen LogP contribution is 2.41. The van der Waals surface area contributed by atoms with Crippen molar-refractivity contribution in [1.82, 2.24) is 9.88 Å². The van der Waals surface area contributed by atoms with Gasteiger partial charge < -0.3 is 20.4 Å². The monoisotopic (exact) mass is 529 g/mol. The SMILES string of the molecule is COc1cc2c(cc1N)CN(C(=O)c1c(Sc3c(Cl)cccc3Cl)cc(C(F)(F)F)[nH]c1=O)C2. The lowest BCUT2D eigenvalue weighted by Gasteiger charge is -2.18. The van der Waals surface area contributed by atoms with Crippen LogP contribution in [0.4, 0.5) is 18.9 Å². The van der Waals surface area contributed by atoms with Gasteiger partial charge in [-0.15, -0.1) is 0 Å². The number of carbonyl (C=O) groups is 1. The van der Waals surface area contributed by atoms with Crippen LogP contribution >= 0.6 is 35.0 Å². The number of fused-ring (bicyclic) bond motifs is 1. The standard InChI is InChI=1S/C22H16Cl2F3N3O3S/c1-33-15-6-11-9-30(8-10(11)5-14(15)28)21(32)18-16(7-17(22(25,26)27)29-20(18)31)34-19-12(23)3-2-4-13(19)24/h2-7H,8-9,28H2,1H3,(H,29,31). The van der Waals surface area contributed by atoms with E-state index in [0.717, 1.165) is 22.9 Å². The van der Waals surface area contributed by atoms with Gasteiger partial charge in [0.25, 0.3) is 11.5 Å². The molecule has 0 aliphatic carbocycles. The zero-order valence-corrected chi connectivity index (χ0v) is 19.8. The molecule has 3 N–H and O–H groups in total. The fraction of sp³-hybridized carbons (Fsp3) is 0.182. The van der Waals surface area contributed by atoms with E-state index in [1.165, 1.54) is 24.1 Å². The van der Waals surface area contributed by atoms with Crippen molar-refractivity contribution in [2.24, 2.45) is 0 Å². The Morgan fingerprint density at radius 3 is 2.35 bits per heavy atom. The van der Waals surface area contributed by atoms with Crippen LogP contribution in [0, 0.1) is 0 Å². The molecule has 2 heterocycles. The van der Waals surface area contributed by atoms with Crippen molar-refractivity contribution in [3.8, 4) is 5.75 Å². The number of aromatic amines is 1. The lowest BCUT2D eigenvalue weighted by molar-refractivity contribution is -0.141. The second-order valence-electron chi connectivity index (χ2n) is 7.43. The Morgan fingerprint density at radius 1 is 1.15 bits per heavy atom. The average Bonchev–Trinajstić information content (AvgIpc) is 3.17. The number of aromatic nitrogens is 1. The quantitative estimate of drug-likeness (QED) is 0.429. The molecule has 0 radical (unpaired) electrons. The Hall–Kier alpha value is -2.82. The van der Waals surface area contributed by atoms with E-state index in [0.29, 0.717) is 17.5 Å². The van der Waals surface area contributed by atoms with Gasteiger partial charge in [0, 0.05) is 22.9 Å². The summed E-state index contributed by atoms with van der Waals surface area (Å²) in [5, 5.41) is 0.335. The number of pyridine rings is 1. The number of methoxy groups -OCH3 is 1. The number of nitrogens with two attached hydrogens (primary N) is 1. The summed E-state index contributed by atoms with van der Waals surface area (Å²) in [5.74, 6) is -0.306. The number of nitrogens with zero attached hydrogens (tertiary/aromatic N) is 1. The summed E-state index contributed by atoms with van der Waals surface area (Å²) < 4.78 is 45.5. The largest absolute Gasteiger partial charge is 0.495 e. The van der Waals surface area contributed by atoms with Gasteiger partial charge in [0.15, 0.2) is 0 Å². The molecule has 0 bridgehead atoms. The molecule has 1 aliphatic rings. The molecule has 0 fully saturated rings. The van der Waals surface area contributed by atoms with Gasteiger partial charge in [-0.2, -0.15) is 13.2 Å². The van der Waals surface area contributed by atoms with Crippen LogP contribution < -0.4 is 16.0 Å². The lowest BCUT2D eigenvalue weighted by atomic mass is 10.1.